The van der Waals surface area contributed by atoms with E-state index in [1.165, 1.54) is 11.8 Å². The Labute approximate surface area is 300 Å². The summed E-state index contributed by atoms with van der Waals surface area (Å²) in [6, 6.07) is 24.7. The maximum absolute atomic E-state index is 13.5. The standard InChI is InChI=1S/C38H47N3O7S2/c1-27(2)49-34-25-31(18-19-32(34)36(42)40-50(44,45)24-21-39)29-16-14-28(15-17-29)20-22-41(37(43)48-38(3,4)5)26-33(30-11-7-6-8-12-30)47-35-13-9-10-23-46-35/h6-8,11-12,14-19,25,27,33,35H,9-10,13,20,22-24,26H2,1-5H3,(H,40,42)/t33-,35?/m0/s1. The van der Waals surface area contributed by atoms with Crippen LogP contribution in [0, 0.1) is 11.3 Å². The molecule has 0 aliphatic carbocycles. The van der Waals surface area contributed by atoms with Crippen LogP contribution in [0.5, 0.6) is 0 Å². The minimum absolute atomic E-state index is 0.130. The molecule has 2 atom stereocenters. The third kappa shape index (κ3) is 12.2. The van der Waals surface area contributed by atoms with E-state index in [9.17, 15) is 18.0 Å². The fourth-order valence-corrected chi connectivity index (χ4v) is 6.99. The molecule has 0 saturated carbocycles. The van der Waals surface area contributed by atoms with Gasteiger partial charge in [0.1, 0.15) is 11.7 Å². The molecule has 1 N–H and O–H groups in total. The fraction of sp³-hybridized carbons (Fsp3) is 0.447. The first-order chi connectivity index (χ1) is 23.7. The molecule has 0 radical (unpaired) electrons. The van der Waals surface area contributed by atoms with Crippen molar-refractivity contribution < 1.29 is 32.2 Å². The van der Waals surface area contributed by atoms with Gasteiger partial charge >= 0.3 is 6.09 Å². The maximum atomic E-state index is 13.5. The maximum Gasteiger partial charge on any atom is 0.410 e. The van der Waals surface area contributed by atoms with Gasteiger partial charge in [-0.25, -0.2) is 17.9 Å². The first-order valence-corrected chi connectivity index (χ1v) is 19.4. The number of hydrogen-bond donors (Lipinski definition) is 1. The van der Waals surface area contributed by atoms with Crippen molar-refractivity contribution in [1.82, 2.24) is 9.62 Å². The van der Waals surface area contributed by atoms with Crippen molar-refractivity contribution >= 4 is 33.8 Å². The molecule has 0 spiro atoms. The first kappa shape index (κ1) is 38.9. The van der Waals surface area contributed by atoms with E-state index in [4.69, 9.17) is 19.5 Å². The summed E-state index contributed by atoms with van der Waals surface area (Å²) in [7, 11) is -4.06. The van der Waals surface area contributed by atoms with Crippen molar-refractivity contribution in [2.45, 2.75) is 88.4 Å². The average Bonchev–Trinajstić information content (AvgIpc) is 3.06. The minimum atomic E-state index is -4.06. The second kappa shape index (κ2) is 17.9. The summed E-state index contributed by atoms with van der Waals surface area (Å²) in [6.45, 7) is 10.9. The normalized spacial score (nSPS) is 15.6. The van der Waals surface area contributed by atoms with Crippen LogP contribution in [0.15, 0.2) is 77.7 Å². The van der Waals surface area contributed by atoms with Crippen molar-refractivity contribution in [2.24, 2.45) is 0 Å². The number of sulfonamides is 1. The van der Waals surface area contributed by atoms with Crippen LogP contribution in [0.2, 0.25) is 0 Å². The van der Waals surface area contributed by atoms with E-state index in [1.807, 2.05) is 100 Å². The molecule has 50 heavy (non-hydrogen) atoms. The molecule has 1 fully saturated rings. The largest absolute Gasteiger partial charge is 0.444 e. The van der Waals surface area contributed by atoms with E-state index in [0.717, 1.165) is 41.5 Å². The van der Waals surface area contributed by atoms with Crippen molar-refractivity contribution in [3.8, 4) is 17.2 Å². The molecule has 268 valence electrons. The molecule has 0 aromatic heterocycles. The van der Waals surface area contributed by atoms with Gasteiger partial charge < -0.3 is 19.1 Å². The predicted molar refractivity (Wildman–Crippen MR) is 195 cm³/mol. The van der Waals surface area contributed by atoms with Gasteiger partial charge in [-0.2, -0.15) is 5.26 Å². The Hall–Kier alpha value is -3.89. The summed E-state index contributed by atoms with van der Waals surface area (Å²) < 4.78 is 44.3. The molecule has 1 aliphatic heterocycles. The Bertz CT molecular complexity index is 1730. The lowest BCUT2D eigenvalue weighted by molar-refractivity contribution is -0.192. The molecule has 3 aromatic carbocycles. The van der Waals surface area contributed by atoms with Gasteiger partial charge in [0.05, 0.1) is 18.2 Å². The molecule has 2 amide bonds. The summed E-state index contributed by atoms with van der Waals surface area (Å²) in [5, 5.41) is 8.91. The van der Waals surface area contributed by atoms with Crippen LogP contribution in [-0.2, 0) is 30.7 Å². The molecule has 1 aliphatic rings. The topological polar surface area (TPSA) is 135 Å². The zero-order valence-corrected chi connectivity index (χ0v) is 31.0. The van der Waals surface area contributed by atoms with E-state index in [2.05, 4.69) is 0 Å². The zero-order valence-electron chi connectivity index (χ0n) is 29.4. The van der Waals surface area contributed by atoms with E-state index in [1.54, 1.807) is 23.1 Å². The zero-order chi connectivity index (χ0) is 36.3. The smallest absolute Gasteiger partial charge is 0.410 e. The van der Waals surface area contributed by atoms with Crippen molar-refractivity contribution in [1.29, 1.82) is 5.26 Å². The highest BCUT2D eigenvalue weighted by molar-refractivity contribution is 8.00. The monoisotopic (exact) mass is 721 g/mol. The van der Waals surface area contributed by atoms with Crippen molar-refractivity contribution in [3.05, 3.63) is 89.5 Å². The van der Waals surface area contributed by atoms with Crippen LogP contribution in [0.1, 0.15) is 81.5 Å². The van der Waals surface area contributed by atoms with Crippen LogP contribution in [0.4, 0.5) is 4.79 Å². The van der Waals surface area contributed by atoms with Gasteiger partial charge in [0.25, 0.3) is 5.91 Å². The van der Waals surface area contributed by atoms with Gasteiger partial charge in [0, 0.05) is 23.3 Å². The summed E-state index contributed by atoms with van der Waals surface area (Å²) in [5.41, 5.74) is 3.31. The number of nitriles is 1. The third-order valence-electron chi connectivity index (χ3n) is 7.71. The van der Waals surface area contributed by atoms with Crippen molar-refractivity contribution in [2.75, 3.05) is 25.4 Å². The van der Waals surface area contributed by atoms with Gasteiger partial charge in [-0.15, -0.1) is 11.8 Å². The van der Waals surface area contributed by atoms with Crippen LogP contribution in [0.3, 0.4) is 0 Å². The number of thioether (sulfide) groups is 1. The van der Waals surface area contributed by atoms with Gasteiger partial charge in [-0.1, -0.05) is 74.5 Å². The minimum Gasteiger partial charge on any atom is -0.444 e. The number of rotatable bonds is 14. The van der Waals surface area contributed by atoms with Gasteiger partial charge in [-0.05, 0) is 80.8 Å². The number of nitrogens with one attached hydrogen (secondary N) is 1. The lowest BCUT2D eigenvalue weighted by Gasteiger charge is -2.33. The van der Waals surface area contributed by atoms with Crippen LogP contribution in [0.25, 0.3) is 11.1 Å². The molecule has 10 nitrogen and oxygen atoms in total. The summed E-state index contributed by atoms with van der Waals surface area (Å²) in [6.07, 6.45) is 2.28. The molecule has 1 heterocycles. The van der Waals surface area contributed by atoms with E-state index in [0.29, 0.717) is 31.0 Å². The van der Waals surface area contributed by atoms with Crippen molar-refractivity contribution in [3.63, 3.8) is 0 Å². The molecular formula is C38H47N3O7S2. The number of carbonyl (C=O) groups is 2. The summed E-state index contributed by atoms with van der Waals surface area (Å²) in [4.78, 5) is 28.7. The van der Waals surface area contributed by atoms with Gasteiger partial charge in [0.2, 0.25) is 10.0 Å². The Kier molecular flexibility index (Phi) is 13.9. The lowest BCUT2D eigenvalue weighted by atomic mass is 10.0. The Morgan fingerprint density at radius 3 is 2.36 bits per heavy atom. The number of ether oxygens (including phenoxy) is 3. The second-order valence-corrected chi connectivity index (χ2v) is 16.8. The molecule has 0 bridgehead atoms. The molecule has 1 saturated heterocycles. The second-order valence-electron chi connectivity index (χ2n) is 13.4. The first-order valence-electron chi connectivity index (χ1n) is 16.8. The van der Waals surface area contributed by atoms with Crippen LogP contribution in [-0.4, -0.2) is 67.9 Å². The van der Waals surface area contributed by atoms with E-state index < -0.39 is 39.5 Å². The van der Waals surface area contributed by atoms with Gasteiger partial charge in [-0.3, -0.25) is 4.79 Å². The predicted octanol–water partition coefficient (Wildman–Crippen LogP) is 7.50. The quantitative estimate of drug-likeness (QED) is 0.168. The van der Waals surface area contributed by atoms with E-state index >= 15 is 0 Å². The molecule has 1 unspecified atom stereocenters. The van der Waals surface area contributed by atoms with Gasteiger partial charge in [0.15, 0.2) is 12.0 Å². The van der Waals surface area contributed by atoms with E-state index in [-0.39, 0.29) is 17.1 Å². The average molecular weight is 722 g/mol. The number of carbonyl (C=O) groups excluding carboxylic acids is 2. The van der Waals surface area contributed by atoms with Crippen LogP contribution >= 0.6 is 11.8 Å². The third-order valence-corrected chi connectivity index (χ3v) is 9.78. The Balaban J connectivity index is 1.52. The number of nitrogens with zero attached hydrogens (tertiary/aromatic N) is 2. The van der Waals surface area contributed by atoms with Crippen LogP contribution < -0.4 is 4.72 Å². The summed E-state index contributed by atoms with van der Waals surface area (Å²) >= 11 is 1.45. The highest BCUT2D eigenvalue weighted by atomic mass is 32.2. The Morgan fingerprint density at radius 1 is 1.04 bits per heavy atom. The number of benzene rings is 3. The highest BCUT2D eigenvalue weighted by Gasteiger charge is 2.28. The number of hydrogen-bond acceptors (Lipinski definition) is 9. The Morgan fingerprint density at radius 2 is 1.74 bits per heavy atom. The lowest BCUT2D eigenvalue weighted by Crippen LogP contribution is -2.41. The molecule has 4 rings (SSSR count). The highest BCUT2D eigenvalue weighted by Crippen LogP contribution is 2.32. The summed E-state index contributed by atoms with van der Waals surface area (Å²) in [5.74, 6) is -1.58. The molecule has 3 aromatic rings. The SMILES string of the molecule is CC(C)Sc1cc(-c2ccc(CCN(C[C@H](OC3CCCCO3)c3ccccc3)C(=O)OC(C)(C)C)cc2)ccc1C(=O)NS(=O)(=O)CC#N. The number of amides is 2. The molecular weight excluding hydrogens is 675 g/mol. The molecule has 12 heteroatoms. The fourth-order valence-electron chi connectivity index (χ4n) is 5.37.